The SMILES string of the molecule is CCOC(=O)C(c1ncn2c1C[C@@H](F)C2)n1cc2c(Cl)cc(-c3ccc(N4CCCC5(CN(C(=O)OC(C)(C)C)C5)C4)cc3)c(Cl)c2n1. The zero-order valence-corrected chi connectivity index (χ0v) is 29.0. The smallest absolute Gasteiger partial charge is 0.410 e. The maximum absolute atomic E-state index is 14.3. The van der Waals surface area contributed by atoms with Crippen molar-refractivity contribution >= 4 is 51.9 Å². The van der Waals surface area contributed by atoms with Crippen LogP contribution >= 0.6 is 23.2 Å². The molecule has 2 fully saturated rings. The number of alkyl halides is 1. The monoisotopic (exact) mass is 696 g/mol. The molecule has 3 aliphatic rings. The number of rotatable bonds is 6. The molecule has 3 aliphatic heterocycles. The van der Waals surface area contributed by atoms with Crippen LogP contribution < -0.4 is 4.90 Å². The molecule has 1 unspecified atom stereocenters. The number of halogens is 3. The highest BCUT2D eigenvalue weighted by Crippen LogP contribution is 2.43. The molecule has 0 saturated carbocycles. The highest BCUT2D eigenvalue weighted by molar-refractivity contribution is 6.42. The maximum atomic E-state index is 14.3. The number of esters is 1. The predicted octanol–water partition coefficient (Wildman–Crippen LogP) is 7.09. The van der Waals surface area contributed by atoms with Crippen molar-refractivity contribution in [2.75, 3.05) is 37.7 Å². The fourth-order valence-corrected chi connectivity index (χ4v) is 7.86. The summed E-state index contributed by atoms with van der Waals surface area (Å²) in [7, 11) is 0. The van der Waals surface area contributed by atoms with Gasteiger partial charge in [0.25, 0.3) is 0 Å². The summed E-state index contributed by atoms with van der Waals surface area (Å²) in [4.78, 5) is 34.5. The van der Waals surface area contributed by atoms with E-state index in [1.807, 2.05) is 39.0 Å². The lowest BCUT2D eigenvalue weighted by Crippen LogP contribution is -2.64. The Kier molecular flexibility index (Phi) is 8.35. The Hall–Kier alpha value is -3.83. The van der Waals surface area contributed by atoms with Crippen LogP contribution in [-0.2, 0) is 27.2 Å². The molecular formula is C35H39Cl2FN6O4. The molecule has 2 saturated heterocycles. The van der Waals surface area contributed by atoms with Gasteiger partial charge in [0.2, 0.25) is 0 Å². The van der Waals surface area contributed by atoms with Gasteiger partial charge in [-0.1, -0.05) is 35.3 Å². The number of hydrogen-bond donors (Lipinski definition) is 0. The molecule has 2 aromatic heterocycles. The third-order valence-corrected chi connectivity index (χ3v) is 10.1. The second-order valence-electron chi connectivity index (χ2n) is 14.2. The molecule has 254 valence electrons. The minimum absolute atomic E-state index is 0.0696. The summed E-state index contributed by atoms with van der Waals surface area (Å²) >= 11 is 13.8. The number of benzene rings is 2. The standard InChI is InChI=1S/C35H39Cl2FN6O4/c1-5-47-32(45)31(30-27-13-22(38)15-42(27)20-39-30)44-16-25-26(36)14-24(28(37)29(25)40-44)21-7-9-23(10-8-21)41-12-6-11-35(17-41)18-43(19-35)33(46)48-34(2,3)4/h7-10,14,16,20,22,31H,5-6,11-13,15,17-19H2,1-4H3/t22-,31?/m1/s1. The van der Waals surface area contributed by atoms with Crippen molar-refractivity contribution in [1.82, 2.24) is 24.2 Å². The Labute approximate surface area is 288 Å². The van der Waals surface area contributed by atoms with E-state index in [2.05, 4.69) is 22.0 Å². The summed E-state index contributed by atoms with van der Waals surface area (Å²) in [6, 6.07) is 9.00. The Bertz CT molecular complexity index is 1880. The number of ether oxygens (including phenoxy) is 2. The normalized spacial score (nSPS) is 19.4. The summed E-state index contributed by atoms with van der Waals surface area (Å²) in [6.45, 7) is 11.0. The highest BCUT2D eigenvalue weighted by Gasteiger charge is 2.48. The van der Waals surface area contributed by atoms with E-state index in [1.54, 1.807) is 28.9 Å². The lowest BCUT2D eigenvalue weighted by molar-refractivity contribution is -0.146. The van der Waals surface area contributed by atoms with Crippen molar-refractivity contribution < 1.29 is 23.5 Å². The van der Waals surface area contributed by atoms with Crippen LogP contribution in [0.5, 0.6) is 0 Å². The number of carbonyl (C=O) groups is 2. The van der Waals surface area contributed by atoms with E-state index in [0.717, 1.165) is 37.2 Å². The van der Waals surface area contributed by atoms with Gasteiger partial charge in [0, 0.05) is 66.5 Å². The van der Waals surface area contributed by atoms with E-state index in [-0.39, 0.29) is 31.1 Å². The van der Waals surface area contributed by atoms with Gasteiger partial charge in [-0.15, -0.1) is 0 Å². The van der Waals surface area contributed by atoms with E-state index in [9.17, 15) is 14.0 Å². The van der Waals surface area contributed by atoms with Gasteiger partial charge in [0.15, 0.2) is 6.04 Å². The summed E-state index contributed by atoms with van der Waals surface area (Å²) in [5, 5.41) is 6.14. The Morgan fingerprint density at radius 1 is 1.15 bits per heavy atom. The zero-order valence-electron chi connectivity index (χ0n) is 27.5. The molecule has 5 heterocycles. The van der Waals surface area contributed by atoms with Gasteiger partial charge >= 0.3 is 12.1 Å². The van der Waals surface area contributed by atoms with Crippen molar-refractivity contribution in [2.24, 2.45) is 5.41 Å². The van der Waals surface area contributed by atoms with Crippen LogP contribution in [-0.4, -0.2) is 80.9 Å². The second kappa shape index (κ2) is 12.2. The topological polar surface area (TPSA) is 94.7 Å². The molecule has 0 bridgehead atoms. The lowest BCUT2D eigenvalue weighted by atomic mass is 9.73. The molecule has 2 aromatic carbocycles. The number of anilines is 1. The highest BCUT2D eigenvalue weighted by atomic mass is 35.5. The first-order valence-electron chi connectivity index (χ1n) is 16.4. The summed E-state index contributed by atoms with van der Waals surface area (Å²) in [6.07, 6.45) is 4.23. The van der Waals surface area contributed by atoms with Gasteiger partial charge < -0.3 is 23.8 Å². The summed E-state index contributed by atoms with van der Waals surface area (Å²) in [5.41, 5.74) is 3.74. The summed E-state index contributed by atoms with van der Waals surface area (Å²) in [5.74, 6) is -0.545. The van der Waals surface area contributed by atoms with Gasteiger partial charge in [-0.2, -0.15) is 5.10 Å². The molecule has 13 heteroatoms. The second-order valence-corrected chi connectivity index (χ2v) is 15.0. The lowest BCUT2D eigenvalue weighted by Gasteiger charge is -2.54. The Morgan fingerprint density at radius 3 is 2.60 bits per heavy atom. The third kappa shape index (κ3) is 6.00. The number of aromatic nitrogens is 4. The molecule has 0 aliphatic carbocycles. The first-order chi connectivity index (χ1) is 22.8. The van der Waals surface area contributed by atoms with Crippen molar-refractivity contribution in [3.05, 3.63) is 64.3 Å². The van der Waals surface area contributed by atoms with E-state index < -0.39 is 23.8 Å². The molecule has 7 rings (SSSR count). The number of piperidine rings is 1. The molecule has 4 aromatic rings. The molecule has 48 heavy (non-hydrogen) atoms. The maximum Gasteiger partial charge on any atom is 0.410 e. The van der Waals surface area contributed by atoms with Gasteiger partial charge in [-0.25, -0.2) is 19.0 Å². The van der Waals surface area contributed by atoms with Gasteiger partial charge in [-0.3, -0.25) is 4.68 Å². The van der Waals surface area contributed by atoms with Crippen LogP contribution in [0, 0.1) is 5.41 Å². The molecule has 1 amide bonds. The van der Waals surface area contributed by atoms with Crippen molar-refractivity contribution in [1.29, 1.82) is 0 Å². The average molecular weight is 698 g/mol. The number of amides is 1. The molecule has 2 atom stereocenters. The molecule has 0 N–H and O–H groups in total. The first kappa shape index (κ1) is 32.7. The molecular weight excluding hydrogens is 658 g/mol. The van der Waals surface area contributed by atoms with Crippen LogP contribution in [0.4, 0.5) is 14.9 Å². The quantitative estimate of drug-likeness (QED) is 0.199. The fraction of sp³-hybridized carbons (Fsp3) is 0.486. The number of fused-ring (bicyclic) bond motifs is 2. The van der Waals surface area contributed by atoms with Crippen molar-refractivity contribution in [3.63, 3.8) is 0 Å². The number of imidazole rings is 1. The van der Waals surface area contributed by atoms with E-state index in [1.165, 1.54) is 4.68 Å². The third-order valence-electron chi connectivity index (χ3n) is 9.44. The molecule has 10 nitrogen and oxygen atoms in total. The van der Waals surface area contributed by atoms with Gasteiger partial charge in [0.05, 0.1) is 35.2 Å². The Balaban J connectivity index is 1.13. The fourth-order valence-electron chi connectivity index (χ4n) is 7.31. The predicted molar refractivity (Wildman–Crippen MR) is 182 cm³/mol. The van der Waals surface area contributed by atoms with E-state index in [4.69, 9.17) is 37.8 Å². The number of carbonyl (C=O) groups excluding carboxylic acids is 2. The van der Waals surface area contributed by atoms with Crippen LogP contribution in [0.2, 0.25) is 10.0 Å². The molecule has 1 spiro atoms. The van der Waals surface area contributed by atoms with Crippen LogP contribution in [0.1, 0.15) is 58.0 Å². The van der Waals surface area contributed by atoms with Crippen LogP contribution in [0.15, 0.2) is 42.9 Å². The zero-order chi connectivity index (χ0) is 34.0. The van der Waals surface area contributed by atoms with E-state index >= 15 is 0 Å². The van der Waals surface area contributed by atoms with Gasteiger partial charge in [-0.05, 0) is 64.3 Å². The minimum atomic E-state index is -1.04. The number of hydrogen-bond acceptors (Lipinski definition) is 7. The average Bonchev–Trinajstić information content (AvgIpc) is 3.73. The van der Waals surface area contributed by atoms with E-state index in [0.29, 0.717) is 51.0 Å². The van der Waals surface area contributed by atoms with Crippen LogP contribution in [0.3, 0.4) is 0 Å². The van der Waals surface area contributed by atoms with Gasteiger partial charge in [0.1, 0.15) is 17.3 Å². The van der Waals surface area contributed by atoms with Crippen molar-refractivity contribution in [3.8, 4) is 11.1 Å². The Morgan fingerprint density at radius 2 is 1.90 bits per heavy atom. The van der Waals surface area contributed by atoms with Crippen LogP contribution in [0.25, 0.3) is 22.0 Å². The minimum Gasteiger partial charge on any atom is -0.464 e. The van der Waals surface area contributed by atoms with Crippen molar-refractivity contribution in [2.45, 2.75) is 71.3 Å². The first-order valence-corrected chi connectivity index (χ1v) is 17.1. The number of likely N-dealkylation sites (tertiary alicyclic amines) is 1. The summed E-state index contributed by atoms with van der Waals surface area (Å²) < 4.78 is 28.4. The molecule has 0 radical (unpaired) electrons. The largest absolute Gasteiger partial charge is 0.464 e. The number of nitrogens with zero attached hydrogens (tertiary/aromatic N) is 6.